The maximum atomic E-state index is 13.3. The normalized spacial score (nSPS) is 16.1. The highest BCUT2D eigenvalue weighted by atomic mass is 32.2. The lowest BCUT2D eigenvalue weighted by Gasteiger charge is -2.31. The van der Waals surface area contributed by atoms with Gasteiger partial charge in [-0.2, -0.15) is 0 Å². The average molecular weight is 482 g/mol. The molecule has 3 aromatic rings. The highest BCUT2D eigenvalue weighted by Gasteiger charge is 2.45. The molecule has 2 aliphatic rings. The van der Waals surface area contributed by atoms with E-state index in [1.165, 1.54) is 24.4 Å². The molecule has 8 nitrogen and oxygen atoms in total. The van der Waals surface area contributed by atoms with E-state index in [9.17, 15) is 9.59 Å². The fourth-order valence-electron chi connectivity index (χ4n) is 4.72. The van der Waals surface area contributed by atoms with Crippen LogP contribution in [0.15, 0.2) is 38.9 Å². The zero-order chi connectivity index (χ0) is 23.9. The number of fused-ring (bicyclic) bond motifs is 1. The molecule has 34 heavy (non-hydrogen) atoms. The number of aromatic nitrogens is 2. The van der Waals surface area contributed by atoms with Crippen molar-refractivity contribution in [3.63, 3.8) is 0 Å². The summed E-state index contributed by atoms with van der Waals surface area (Å²) in [5.74, 6) is 0.182. The molecule has 3 heterocycles. The predicted molar refractivity (Wildman–Crippen MR) is 128 cm³/mol. The summed E-state index contributed by atoms with van der Waals surface area (Å²) in [6, 6.07) is 3.67. The van der Waals surface area contributed by atoms with Gasteiger partial charge in [-0.05, 0) is 45.1 Å². The number of nitrogens with one attached hydrogen (secondary N) is 2. The second-order valence-corrected chi connectivity index (χ2v) is 9.66. The molecule has 1 aromatic carbocycles. The highest BCUT2D eigenvalue weighted by Crippen LogP contribution is 2.52. The fraction of sp³-hybridized carbons (Fsp3) is 0.400. The first kappa shape index (κ1) is 22.6. The SMILES string of the molecule is CSc1cc(C)[nH]c(=O)c1CNC(=O)c1cc(-c2cocn2)c2c(c1C)OC1(CCCCC1)O2. The first-order valence-electron chi connectivity index (χ1n) is 11.4. The van der Waals surface area contributed by atoms with Crippen molar-refractivity contribution in [3.05, 3.63) is 57.5 Å². The van der Waals surface area contributed by atoms with E-state index in [0.717, 1.165) is 42.7 Å². The summed E-state index contributed by atoms with van der Waals surface area (Å²) in [5.41, 5.74) is 3.48. The van der Waals surface area contributed by atoms with Gasteiger partial charge < -0.3 is 24.2 Å². The fourth-order valence-corrected chi connectivity index (χ4v) is 5.42. The summed E-state index contributed by atoms with van der Waals surface area (Å²) in [4.78, 5) is 33.8. The highest BCUT2D eigenvalue weighted by molar-refractivity contribution is 7.98. The molecule has 0 radical (unpaired) electrons. The van der Waals surface area contributed by atoms with Gasteiger partial charge in [0.05, 0.1) is 5.56 Å². The third-order valence-corrected chi connectivity index (χ3v) is 7.31. The molecule has 1 aliphatic carbocycles. The van der Waals surface area contributed by atoms with Gasteiger partial charge in [0.2, 0.25) is 0 Å². The Morgan fingerprint density at radius 1 is 1.18 bits per heavy atom. The van der Waals surface area contributed by atoms with Crippen LogP contribution < -0.4 is 20.3 Å². The van der Waals surface area contributed by atoms with Crippen molar-refractivity contribution >= 4 is 17.7 Å². The molecule has 0 unspecified atom stereocenters. The number of pyridine rings is 1. The second kappa shape index (κ2) is 8.87. The van der Waals surface area contributed by atoms with Crippen LogP contribution in [-0.4, -0.2) is 27.9 Å². The van der Waals surface area contributed by atoms with E-state index in [0.29, 0.717) is 39.4 Å². The van der Waals surface area contributed by atoms with Crippen molar-refractivity contribution in [2.45, 2.75) is 63.2 Å². The average Bonchev–Trinajstić information content (AvgIpc) is 3.47. The number of benzene rings is 1. The number of aromatic amines is 1. The quantitative estimate of drug-likeness (QED) is 0.507. The topological polar surface area (TPSA) is 106 Å². The Bertz CT molecular complexity index is 1290. The first-order chi connectivity index (χ1) is 16.4. The summed E-state index contributed by atoms with van der Waals surface area (Å²) in [6.07, 6.45) is 9.60. The minimum Gasteiger partial charge on any atom is -0.451 e. The van der Waals surface area contributed by atoms with Crippen molar-refractivity contribution in [3.8, 4) is 22.8 Å². The Morgan fingerprint density at radius 2 is 1.94 bits per heavy atom. The van der Waals surface area contributed by atoms with Crippen molar-refractivity contribution in [1.82, 2.24) is 15.3 Å². The van der Waals surface area contributed by atoms with Crippen LogP contribution in [0, 0.1) is 13.8 Å². The Kier molecular flexibility index (Phi) is 5.89. The van der Waals surface area contributed by atoms with Gasteiger partial charge in [0.1, 0.15) is 12.0 Å². The Morgan fingerprint density at radius 3 is 2.65 bits per heavy atom. The van der Waals surface area contributed by atoms with Crippen molar-refractivity contribution < 1.29 is 18.7 Å². The maximum Gasteiger partial charge on any atom is 0.254 e. The summed E-state index contributed by atoms with van der Waals surface area (Å²) in [5, 5.41) is 2.91. The first-order valence-corrected chi connectivity index (χ1v) is 12.6. The number of thioether (sulfide) groups is 1. The third kappa shape index (κ3) is 3.98. The number of aryl methyl sites for hydroxylation is 1. The molecule has 9 heteroatoms. The zero-order valence-electron chi connectivity index (χ0n) is 19.4. The van der Waals surface area contributed by atoms with Crippen LogP contribution in [0.2, 0.25) is 0 Å². The third-order valence-electron chi connectivity index (χ3n) is 6.50. The van der Waals surface area contributed by atoms with Gasteiger partial charge in [-0.3, -0.25) is 9.59 Å². The van der Waals surface area contributed by atoms with Crippen molar-refractivity contribution in [1.29, 1.82) is 0 Å². The molecular formula is C25H27N3O5S. The van der Waals surface area contributed by atoms with Crippen LogP contribution >= 0.6 is 11.8 Å². The van der Waals surface area contributed by atoms with E-state index >= 15 is 0 Å². The van der Waals surface area contributed by atoms with E-state index in [-0.39, 0.29) is 18.0 Å². The summed E-state index contributed by atoms with van der Waals surface area (Å²) >= 11 is 1.48. The summed E-state index contributed by atoms with van der Waals surface area (Å²) < 4.78 is 18.0. The lowest BCUT2D eigenvalue weighted by atomic mass is 9.94. The molecule has 1 spiro atoms. The summed E-state index contributed by atoms with van der Waals surface area (Å²) in [7, 11) is 0. The van der Waals surface area contributed by atoms with Crippen LogP contribution in [0.1, 0.15) is 59.3 Å². The number of oxazole rings is 1. The smallest absolute Gasteiger partial charge is 0.254 e. The number of carbonyl (C=O) groups is 1. The van der Waals surface area contributed by atoms with Crippen molar-refractivity contribution in [2.24, 2.45) is 0 Å². The lowest BCUT2D eigenvalue weighted by molar-refractivity contribution is -0.105. The van der Waals surface area contributed by atoms with Crippen LogP contribution in [0.3, 0.4) is 0 Å². The van der Waals surface area contributed by atoms with E-state index < -0.39 is 5.79 Å². The van der Waals surface area contributed by atoms with Gasteiger partial charge >= 0.3 is 0 Å². The molecule has 0 saturated heterocycles. The molecular weight excluding hydrogens is 454 g/mol. The standard InChI is InChI=1S/C25H27N3O5S/c1-14-9-20(34-3)18(24(30)28-14)11-26-23(29)16-10-17(19-12-31-13-27-19)22-21(15(16)2)32-25(33-22)7-5-4-6-8-25/h9-10,12-13H,4-8,11H2,1-3H3,(H,26,29)(H,28,30). The van der Waals surface area contributed by atoms with Crippen LogP contribution in [0.4, 0.5) is 0 Å². The molecule has 1 amide bonds. The molecule has 1 fully saturated rings. The number of nitrogens with zero attached hydrogens (tertiary/aromatic N) is 1. The number of amides is 1. The molecule has 178 valence electrons. The molecule has 1 saturated carbocycles. The second-order valence-electron chi connectivity index (χ2n) is 8.82. The monoisotopic (exact) mass is 481 g/mol. The minimum absolute atomic E-state index is 0.113. The summed E-state index contributed by atoms with van der Waals surface area (Å²) in [6.45, 7) is 3.81. The van der Waals surface area contributed by atoms with Gasteiger partial charge in [-0.25, -0.2) is 4.98 Å². The number of rotatable bonds is 5. The maximum absolute atomic E-state index is 13.3. The lowest BCUT2D eigenvalue weighted by Crippen LogP contribution is -2.40. The minimum atomic E-state index is -0.693. The number of hydrogen-bond acceptors (Lipinski definition) is 7. The largest absolute Gasteiger partial charge is 0.451 e. The van der Waals surface area contributed by atoms with E-state index in [2.05, 4.69) is 15.3 Å². The van der Waals surface area contributed by atoms with Crippen LogP contribution in [-0.2, 0) is 6.54 Å². The predicted octanol–water partition coefficient (Wildman–Crippen LogP) is 4.73. The van der Waals surface area contributed by atoms with Gasteiger partial charge in [0.25, 0.3) is 17.3 Å². The van der Waals surface area contributed by atoms with Crippen LogP contribution in [0.5, 0.6) is 11.5 Å². The number of carbonyl (C=O) groups excluding carboxylic acids is 1. The van der Waals surface area contributed by atoms with Gasteiger partial charge in [0.15, 0.2) is 17.9 Å². The molecule has 1 aliphatic heterocycles. The Hall–Kier alpha value is -3.20. The molecule has 5 rings (SSSR count). The number of ether oxygens (including phenoxy) is 2. The molecule has 2 N–H and O–H groups in total. The van der Waals surface area contributed by atoms with Gasteiger partial charge in [-0.15, -0.1) is 11.8 Å². The molecule has 0 bridgehead atoms. The van der Waals surface area contributed by atoms with Gasteiger partial charge in [0, 0.05) is 46.7 Å². The number of H-pyrrole nitrogens is 1. The zero-order valence-corrected chi connectivity index (χ0v) is 20.3. The Balaban J connectivity index is 1.50. The molecule has 0 atom stereocenters. The van der Waals surface area contributed by atoms with Crippen molar-refractivity contribution in [2.75, 3.05) is 6.26 Å². The van der Waals surface area contributed by atoms with Gasteiger partial charge in [-0.1, -0.05) is 6.42 Å². The molecule has 2 aromatic heterocycles. The number of hydrogen-bond donors (Lipinski definition) is 2. The van der Waals surface area contributed by atoms with E-state index in [1.54, 1.807) is 6.07 Å². The van der Waals surface area contributed by atoms with E-state index in [1.807, 2.05) is 26.2 Å². The Labute approximate surface area is 201 Å². The van der Waals surface area contributed by atoms with E-state index in [4.69, 9.17) is 13.9 Å². The van der Waals surface area contributed by atoms with Crippen LogP contribution in [0.25, 0.3) is 11.3 Å².